The minimum absolute atomic E-state index is 0.351. The highest BCUT2D eigenvalue weighted by Crippen LogP contribution is 2.15. The van der Waals surface area contributed by atoms with Gasteiger partial charge in [0.05, 0.1) is 18.3 Å². The molecule has 0 aliphatic heterocycles. The zero-order chi connectivity index (χ0) is 18.6. The number of nitrogens with zero attached hydrogens (tertiary/aromatic N) is 7. The Morgan fingerprint density at radius 3 is 3.07 bits per heavy atom. The summed E-state index contributed by atoms with van der Waals surface area (Å²) >= 11 is 0. The van der Waals surface area contributed by atoms with Crippen LogP contribution in [-0.2, 0) is 11.4 Å². The topological polar surface area (TPSA) is 117 Å². The Kier molecular flexibility index (Phi) is 4.67. The highest BCUT2D eigenvalue weighted by atomic mass is 16.6. The molecule has 1 aromatic carbocycles. The molecule has 4 aromatic rings. The summed E-state index contributed by atoms with van der Waals surface area (Å²) in [4.78, 5) is 18.4. The first-order chi connectivity index (χ1) is 13.2. The number of aromatic nitrogens is 6. The average molecular weight is 362 g/mol. The van der Waals surface area contributed by atoms with Crippen LogP contribution in [-0.4, -0.2) is 48.8 Å². The van der Waals surface area contributed by atoms with E-state index in [0.29, 0.717) is 42.4 Å². The van der Waals surface area contributed by atoms with Gasteiger partial charge in [-0.05, 0) is 30.7 Å². The molecule has 3 heterocycles. The summed E-state index contributed by atoms with van der Waals surface area (Å²) < 4.78 is 1.72. The lowest BCUT2D eigenvalue weighted by Crippen LogP contribution is -2.08. The van der Waals surface area contributed by atoms with Crippen molar-refractivity contribution in [2.24, 2.45) is 10.9 Å². The number of pyridine rings is 1. The highest BCUT2D eigenvalue weighted by molar-refractivity contribution is 5.97. The first-order valence-electron chi connectivity index (χ1n) is 8.51. The first kappa shape index (κ1) is 17.0. The van der Waals surface area contributed by atoms with Crippen LogP contribution in [0.25, 0.3) is 22.2 Å². The van der Waals surface area contributed by atoms with E-state index < -0.39 is 0 Å². The van der Waals surface area contributed by atoms with Gasteiger partial charge in [-0.1, -0.05) is 22.5 Å². The van der Waals surface area contributed by atoms with Crippen LogP contribution in [0.15, 0.2) is 47.9 Å². The van der Waals surface area contributed by atoms with Gasteiger partial charge >= 0.3 is 0 Å². The van der Waals surface area contributed by atoms with Crippen LogP contribution in [0.5, 0.6) is 0 Å². The number of benzene rings is 1. The van der Waals surface area contributed by atoms with Gasteiger partial charge in [-0.25, -0.2) is 14.6 Å². The number of rotatable bonds is 6. The Balaban J connectivity index is 1.65. The zero-order valence-electron chi connectivity index (χ0n) is 14.8. The SMILES string of the molecule is C/C(=N/OCCN)c1cnc2nnn(Cc3ccc4ncccc4c3)c2n1. The maximum Gasteiger partial charge on any atom is 0.221 e. The molecule has 0 atom stereocenters. The molecule has 0 unspecified atom stereocenters. The molecule has 0 saturated heterocycles. The molecular formula is C18H18N8O. The molecule has 0 fully saturated rings. The molecule has 9 heteroatoms. The summed E-state index contributed by atoms with van der Waals surface area (Å²) in [5.41, 5.74) is 9.71. The summed E-state index contributed by atoms with van der Waals surface area (Å²) in [7, 11) is 0. The Morgan fingerprint density at radius 1 is 1.26 bits per heavy atom. The summed E-state index contributed by atoms with van der Waals surface area (Å²) in [5, 5.41) is 13.4. The molecule has 0 radical (unpaired) electrons. The summed E-state index contributed by atoms with van der Waals surface area (Å²) in [6, 6.07) is 10.1. The van der Waals surface area contributed by atoms with E-state index in [2.05, 4.69) is 36.5 Å². The predicted octanol–water partition coefficient (Wildman–Crippen LogP) is 1.52. The van der Waals surface area contributed by atoms with E-state index in [-0.39, 0.29) is 0 Å². The zero-order valence-corrected chi connectivity index (χ0v) is 14.8. The Bertz CT molecular complexity index is 1120. The molecular weight excluding hydrogens is 344 g/mol. The number of hydrogen-bond acceptors (Lipinski definition) is 8. The monoisotopic (exact) mass is 362 g/mol. The molecule has 0 saturated carbocycles. The van der Waals surface area contributed by atoms with Crippen molar-refractivity contribution in [3.05, 3.63) is 54.0 Å². The van der Waals surface area contributed by atoms with Crippen molar-refractivity contribution in [3.63, 3.8) is 0 Å². The van der Waals surface area contributed by atoms with Gasteiger partial charge in [0.25, 0.3) is 0 Å². The van der Waals surface area contributed by atoms with Gasteiger partial charge < -0.3 is 10.6 Å². The van der Waals surface area contributed by atoms with Crippen LogP contribution in [0.4, 0.5) is 0 Å². The molecule has 0 aliphatic rings. The van der Waals surface area contributed by atoms with Crippen LogP contribution < -0.4 is 5.73 Å². The lowest BCUT2D eigenvalue weighted by Gasteiger charge is -2.05. The maximum atomic E-state index is 5.40. The van der Waals surface area contributed by atoms with Crippen LogP contribution >= 0.6 is 0 Å². The molecule has 0 aliphatic carbocycles. The van der Waals surface area contributed by atoms with E-state index in [0.717, 1.165) is 16.5 Å². The quantitative estimate of drug-likeness (QED) is 0.314. The van der Waals surface area contributed by atoms with Crippen molar-refractivity contribution in [3.8, 4) is 0 Å². The number of fused-ring (bicyclic) bond motifs is 2. The lowest BCUT2D eigenvalue weighted by molar-refractivity contribution is 0.152. The second kappa shape index (κ2) is 7.42. The van der Waals surface area contributed by atoms with Crippen molar-refractivity contribution in [1.29, 1.82) is 0 Å². The van der Waals surface area contributed by atoms with Crippen LogP contribution in [0.2, 0.25) is 0 Å². The first-order valence-corrected chi connectivity index (χ1v) is 8.51. The van der Waals surface area contributed by atoms with E-state index >= 15 is 0 Å². The van der Waals surface area contributed by atoms with Gasteiger partial charge in [0.15, 0.2) is 5.65 Å². The molecule has 9 nitrogen and oxygen atoms in total. The number of hydrogen-bond donors (Lipinski definition) is 1. The van der Waals surface area contributed by atoms with E-state index in [4.69, 9.17) is 10.6 Å². The van der Waals surface area contributed by atoms with Gasteiger partial charge in [0.1, 0.15) is 18.0 Å². The Morgan fingerprint density at radius 2 is 2.19 bits per heavy atom. The molecule has 0 spiro atoms. The van der Waals surface area contributed by atoms with Crippen LogP contribution in [0.3, 0.4) is 0 Å². The average Bonchev–Trinajstić information content (AvgIpc) is 3.10. The molecule has 0 amide bonds. The van der Waals surface area contributed by atoms with Gasteiger partial charge in [0.2, 0.25) is 5.65 Å². The smallest absolute Gasteiger partial charge is 0.221 e. The fourth-order valence-electron chi connectivity index (χ4n) is 2.67. The fraction of sp³-hybridized carbons (Fsp3) is 0.222. The Labute approximate surface area is 154 Å². The highest BCUT2D eigenvalue weighted by Gasteiger charge is 2.11. The molecule has 27 heavy (non-hydrogen) atoms. The largest absolute Gasteiger partial charge is 0.394 e. The standard InChI is InChI=1S/C18H18N8O/c1-12(24-27-8-6-19)16-10-21-17-18(22-16)26(25-23-17)11-13-4-5-15-14(9-13)3-2-7-20-15/h2-5,7,9-10H,6,8,11,19H2,1H3/b24-12-. The van der Waals surface area contributed by atoms with Gasteiger partial charge in [-0.3, -0.25) is 4.98 Å². The number of nitrogens with two attached hydrogens (primary N) is 1. The molecule has 2 N–H and O–H groups in total. The Hall–Kier alpha value is -3.46. The van der Waals surface area contributed by atoms with Crippen molar-refractivity contribution in [1.82, 2.24) is 29.9 Å². The van der Waals surface area contributed by atoms with E-state index in [1.807, 2.05) is 24.3 Å². The molecule has 136 valence electrons. The van der Waals surface area contributed by atoms with Crippen LogP contribution in [0, 0.1) is 0 Å². The normalized spacial score (nSPS) is 12.0. The second-order valence-electron chi connectivity index (χ2n) is 5.98. The number of oxime groups is 1. The second-order valence-corrected chi connectivity index (χ2v) is 5.98. The molecule has 3 aromatic heterocycles. The predicted molar refractivity (Wildman–Crippen MR) is 101 cm³/mol. The van der Waals surface area contributed by atoms with Gasteiger partial charge in [-0.2, -0.15) is 0 Å². The van der Waals surface area contributed by atoms with Crippen molar-refractivity contribution >= 4 is 27.9 Å². The summed E-state index contributed by atoms with van der Waals surface area (Å²) in [6.07, 6.45) is 3.39. The minimum atomic E-state index is 0.351. The summed E-state index contributed by atoms with van der Waals surface area (Å²) in [6.45, 7) is 3.08. The molecule has 4 rings (SSSR count). The van der Waals surface area contributed by atoms with E-state index in [9.17, 15) is 0 Å². The van der Waals surface area contributed by atoms with Crippen molar-refractivity contribution < 1.29 is 4.84 Å². The van der Waals surface area contributed by atoms with Crippen molar-refractivity contribution in [2.45, 2.75) is 13.5 Å². The molecule has 0 bridgehead atoms. The van der Waals surface area contributed by atoms with Crippen LogP contribution in [0.1, 0.15) is 18.2 Å². The minimum Gasteiger partial charge on any atom is -0.394 e. The van der Waals surface area contributed by atoms with E-state index in [1.54, 1.807) is 24.0 Å². The third-order valence-electron chi connectivity index (χ3n) is 4.01. The maximum absolute atomic E-state index is 5.40. The third-order valence-corrected chi connectivity index (χ3v) is 4.01. The lowest BCUT2D eigenvalue weighted by atomic mass is 10.1. The fourth-order valence-corrected chi connectivity index (χ4v) is 2.67. The summed E-state index contributed by atoms with van der Waals surface area (Å²) in [5.74, 6) is 0. The van der Waals surface area contributed by atoms with Gasteiger partial charge in [0, 0.05) is 18.1 Å². The van der Waals surface area contributed by atoms with Crippen molar-refractivity contribution in [2.75, 3.05) is 13.2 Å². The third kappa shape index (κ3) is 3.58. The van der Waals surface area contributed by atoms with Gasteiger partial charge in [-0.15, -0.1) is 5.10 Å². The van der Waals surface area contributed by atoms with E-state index in [1.165, 1.54) is 0 Å².